The zero-order valence-corrected chi connectivity index (χ0v) is 20.6. The van der Waals surface area contributed by atoms with Gasteiger partial charge in [0, 0.05) is 59.2 Å². The number of nitrogens with zero attached hydrogens (tertiary/aromatic N) is 3. The van der Waals surface area contributed by atoms with Gasteiger partial charge in [0.1, 0.15) is 0 Å². The Balaban J connectivity index is 0.00000320. The first kappa shape index (κ1) is 24.7. The van der Waals surface area contributed by atoms with Crippen LogP contribution in [0, 0.1) is 5.41 Å². The van der Waals surface area contributed by atoms with Crippen molar-refractivity contribution in [2.45, 2.75) is 25.7 Å². The molecule has 1 aromatic rings. The van der Waals surface area contributed by atoms with E-state index in [4.69, 9.17) is 4.74 Å². The van der Waals surface area contributed by atoms with E-state index in [2.05, 4.69) is 44.8 Å². The molecular formula is C22H36IN5O2. The van der Waals surface area contributed by atoms with E-state index >= 15 is 0 Å². The van der Waals surface area contributed by atoms with Crippen LogP contribution in [0.3, 0.4) is 0 Å². The molecule has 1 aromatic carbocycles. The molecule has 2 aliphatic rings. The molecular weight excluding hydrogens is 493 g/mol. The Labute approximate surface area is 197 Å². The molecule has 7 nitrogen and oxygen atoms in total. The van der Waals surface area contributed by atoms with Crippen molar-refractivity contribution in [3.8, 4) is 0 Å². The summed E-state index contributed by atoms with van der Waals surface area (Å²) in [6.45, 7) is 5.18. The molecule has 0 atom stereocenters. The Bertz CT molecular complexity index is 673. The molecule has 0 unspecified atom stereocenters. The summed E-state index contributed by atoms with van der Waals surface area (Å²) < 4.78 is 5.26. The molecule has 1 aliphatic heterocycles. The predicted octanol–water partition coefficient (Wildman–Crippen LogP) is 2.32. The fraction of sp³-hybridized carbons (Fsp3) is 0.636. The normalized spacial score (nSPS) is 18.3. The highest BCUT2D eigenvalue weighted by atomic mass is 127. The summed E-state index contributed by atoms with van der Waals surface area (Å²) in [6, 6.07) is 10.4. The van der Waals surface area contributed by atoms with Gasteiger partial charge in [0.15, 0.2) is 5.96 Å². The number of carbonyl (C=O) groups excluding carboxylic acids is 1. The lowest BCUT2D eigenvalue weighted by atomic mass is 9.67. The van der Waals surface area contributed by atoms with E-state index in [1.807, 2.05) is 11.0 Å². The minimum atomic E-state index is 0. The molecule has 2 fully saturated rings. The lowest BCUT2D eigenvalue weighted by Gasteiger charge is -2.42. The summed E-state index contributed by atoms with van der Waals surface area (Å²) in [4.78, 5) is 21.2. The van der Waals surface area contributed by atoms with Gasteiger partial charge in [-0.1, -0.05) is 24.6 Å². The van der Waals surface area contributed by atoms with Crippen molar-refractivity contribution in [3.05, 3.63) is 30.3 Å². The summed E-state index contributed by atoms with van der Waals surface area (Å²) in [5.74, 6) is 0.823. The molecule has 0 spiro atoms. The summed E-state index contributed by atoms with van der Waals surface area (Å²) in [6.07, 6.45) is 4.80. The molecule has 1 saturated carbocycles. The molecule has 30 heavy (non-hydrogen) atoms. The van der Waals surface area contributed by atoms with Gasteiger partial charge in [-0.3, -0.25) is 9.79 Å². The maximum atomic E-state index is 12.6. The van der Waals surface area contributed by atoms with Crippen molar-refractivity contribution in [2.24, 2.45) is 10.4 Å². The van der Waals surface area contributed by atoms with Crippen LogP contribution in [-0.4, -0.2) is 76.8 Å². The molecule has 0 bridgehead atoms. The second-order valence-corrected chi connectivity index (χ2v) is 8.08. The van der Waals surface area contributed by atoms with Crippen LogP contribution in [0.1, 0.15) is 25.7 Å². The molecule has 3 rings (SSSR count). The van der Waals surface area contributed by atoms with Gasteiger partial charge in [-0.05, 0) is 36.8 Å². The van der Waals surface area contributed by atoms with E-state index in [0.717, 1.165) is 45.8 Å². The van der Waals surface area contributed by atoms with Gasteiger partial charge in [-0.2, -0.15) is 0 Å². The molecule has 1 amide bonds. The number of hydrogen-bond donors (Lipinski definition) is 2. The van der Waals surface area contributed by atoms with Gasteiger partial charge in [0.05, 0.1) is 6.54 Å². The Hall–Kier alpha value is -1.55. The van der Waals surface area contributed by atoms with Crippen molar-refractivity contribution in [3.63, 3.8) is 0 Å². The van der Waals surface area contributed by atoms with Gasteiger partial charge < -0.3 is 25.2 Å². The van der Waals surface area contributed by atoms with Crippen molar-refractivity contribution in [1.29, 1.82) is 0 Å². The number of halogens is 1. The molecule has 1 heterocycles. The van der Waals surface area contributed by atoms with E-state index in [9.17, 15) is 4.79 Å². The second kappa shape index (κ2) is 12.3. The fourth-order valence-electron chi connectivity index (χ4n) is 4.13. The van der Waals surface area contributed by atoms with Crippen LogP contribution in [0.4, 0.5) is 5.69 Å². The zero-order chi connectivity index (χ0) is 20.5. The number of nitrogens with one attached hydrogen (secondary N) is 2. The third-order valence-corrected chi connectivity index (χ3v) is 6.27. The molecule has 0 aromatic heterocycles. The smallest absolute Gasteiger partial charge is 0.242 e. The lowest BCUT2D eigenvalue weighted by Crippen LogP contribution is -2.53. The first-order chi connectivity index (χ1) is 14.2. The summed E-state index contributed by atoms with van der Waals surface area (Å²) in [5.41, 5.74) is 1.53. The maximum absolute atomic E-state index is 12.6. The van der Waals surface area contributed by atoms with Crippen LogP contribution in [0.5, 0.6) is 0 Å². The highest BCUT2D eigenvalue weighted by Gasteiger charge is 2.36. The largest absolute Gasteiger partial charge is 0.385 e. The standard InChI is InChI=1S/C22H35N5O2.HI/c1-23-21(25-18-22(9-6-10-22)11-16-29-2)24-17-20(28)27-14-12-26(13-15-27)19-7-4-3-5-8-19;/h3-5,7-8H,6,9-18H2,1-2H3,(H2,23,24,25);1H. The van der Waals surface area contributed by atoms with E-state index in [0.29, 0.717) is 11.4 Å². The Morgan fingerprint density at radius 3 is 2.40 bits per heavy atom. The third kappa shape index (κ3) is 6.73. The first-order valence-corrected chi connectivity index (χ1v) is 10.7. The predicted molar refractivity (Wildman–Crippen MR) is 133 cm³/mol. The Morgan fingerprint density at radius 2 is 1.83 bits per heavy atom. The van der Waals surface area contributed by atoms with E-state index in [1.54, 1.807) is 14.2 Å². The average molecular weight is 529 g/mol. The van der Waals surface area contributed by atoms with Crippen LogP contribution in [0.15, 0.2) is 35.3 Å². The number of anilines is 1. The maximum Gasteiger partial charge on any atom is 0.242 e. The summed E-state index contributed by atoms with van der Waals surface area (Å²) >= 11 is 0. The molecule has 168 valence electrons. The van der Waals surface area contributed by atoms with Crippen molar-refractivity contribution in [2.75, 3.05) is 64.9 Å². The number of ether oxygens (including phenoxy) is 1. The van der Waals surface area contributed by atoms with E-state index in [-0.39, 0.29) is 36.4 Å². The van der Waals surface area contributed by atoms with Crippen LogP contribution in [0.25, 0.3) is 0 Å². The molecule has 1 aliphatic carbocycles. The van der Waals surface area contributed by atoms with Gasteiger partial charge >= 0.3 is 0 Å². The number of benzene rings is 1. The lowest BCUT2D eigenvalue weighted by molar-refractivity contribution is -0.130. The highest BCUT2D eigenvalue weighted by molar-refractivity contribution is 14.0. The summed E-state index contributed by atoms with van der Waals surface area (Å²) in [5, 5.41) is 6.60. The monoisotopic (exact) mass is 529 g/mol. The number of guanidine groups is 1. The number of carbonyl (C=O) groups is 1. The highest BCUT2D eigenvalue weighted by Crippen LogP contribution is 2.43. The van der Waals surface area contributed by atoms with E-state index in [1.165, 1.54) is 24.9 Å². The van der Waals surface area contributed by atoms with Gasteiger partial charge in [-0.25, -0.2) is 0 Å². The topological polar surface area (TPSA) is 69.2 Å². The molecule has 2 N–H and O–H groups in total. The van der Waals surface area contributed by atoms with Crippen molar-refractivity contribution in [1.82, 2.24) is 15.5 Å². The zero-order valence-electron chi connectivity index (χ0n) is 18.2. The quantitative estimate of drug-likeness (QED) is 0.308. The Morgan fingerprint density at radius 1 is 1.13 bits per heavy atom. The number of piperazine rings is 1. The minimum Gasteiger partial charge on any atom is -0.385 e. The number of methoxy groups -OCH3 is 1. The minimum absolute atomic E-state index is 0. The van der Waals surface area contributed by atoms with Gasteiger partial charge in [-0.15, -0.1) is 24.0 Å². The molecule has 0 radical (unpaired) electrons. The fourth-order valence-corrected chi connectivity index (χ4v) is 4.13. The number of rotatable bonds is 8. The van der Waals surface area contributed by atoms with Crippen LogP contribution < -0.4 is 15.5 Å². The number of hydrogen-bond acceptors (Lipinski definition) is 4. The Kier molecular flexibility index (Phi) is 10.2. The van der Waals surface area contributed by atoms with Gasteiger partial charge in [0.2, 0.25) is 5.91 Å². The SMILES string of the molecule is CN=C(NCC(=O)N1CCN(c2ccccc2)CC1)NCC1(CCOC)CCC1.I. The number of amides is 1. The first-order valence-electron chi connectivity index (χ1n) is 10.7. The number of para-hydroxylation sites is 1. The van der Waals surface area contributed by atoms with Gasteiger partial charge in [0.25, 0.3) is 0 Å². The third-order valence-electron chi connectivity index (χ3n) is 6.27. The molecule has 1 saturated heterocycles. The second-order valence-electron chi connectivity index (χ2n) is 8.08. The van der Waals surface area contributed by atoms with Crippen molar-refractivity contribution < 1.29 is 9.53 Å². The van der Waals surface area contributed by atoms with Crippen LogP contribution in [-0.2, 0) is 9.53 Å². The average Bonchev–Trinajstić information content (AvgIpc) is 2.75. The summed E-state index contributed by atoms with van der Waals surface area (Å²) in [7, 11) is 3.51. The van der Waals surface area contributed by atoms with Crippen LogP contribution in [0.2, 0.25) is 0 Å². The number of aliphatic imine (C=N–C) groups is 1. The van der Waals surface area contributed by atoms with E-state index < -0.39 is 0 Å². The van der Waals surface area contributed by atoms with Crippen molar-refractivity contribution >= 4 is 41.5 Å². The van der Waals surface area contributed by atoms with Crippen LogP contribution >= 0.6 is 24.0 Å². The molecule has 8 heteroatoms.